The van der Waals surface area contributed by atoms with Gasteiger partial charge in [0, 0.05) is 18.0 Å². The van der Waals surface area contributed by atoms with E-state index in [1.54, 1.807) is 22.2 Å². The maximum atomic E-state index is 13.5. The molecule has 8 nitrogen and oxygen atoms in total. The van der Waals surface area contributed by atoms with E-state index in [4.69, 9.17) is 4.74 Å². The number of thiophene rings is 1. The smallest absolute Gasteiger partial charge is 0.407 e. The lowest BCUT2D eigenvalue weighted by Crippen LogP contribution is -2.36. The molecule has 1 aliphatic rings. The molecule has 31 heavy (non-hydrogen) atoms. The third kappa shape index (κ3) is 4.20. The van der Waals surface area contributed by atoms with E-state index in [1.165, 1.54) is 10.4 Å². The number of nitrogens with zero attached hydrogens (tertiary/aromatic N) is 4. The van der Waals surface area contributed by atoms with E-state index in [0.29, 0.717) is 18.2 Å². The van der Waals surface area contributed by atoms with Crippen LogP contribution in [0, 0.1) is 11.3 Å². The van der Waals surface area contributed by atoms with E-state index < -0.39 is 11.7 Å². The largest absolute Gasteiger partial charge is 0.444 e. The second-order valence-corrected chi connectivity index (χ2v) is 11.5. The van der Waals surface area contributed by atoms with Gasteiger partial charge in [0.05, 0.1) is 5.39 Å². The molecule has 9 heteroatoms. The van der Waals surface area contributed by atoms with Crippen LogP contribution in [-0.2, 0) is 24.1 Å². The fourth-order valence-corrected chi connectivity index (χ4v) is 5.65. The highest BCUT2D eigenvalue weighted by Gasteiger charge is 2.32. The maximum Gasteiger partial charge on any atom is 0.407 e. The van der Waals surface area contributed by atoms with Gasteiger partial charge in [-0.2, -0.15) is 0 Å². The van der Waals surface area contributed by atoms with Crippen molar-refractivity contribution in [3.8, 4) is 0 Å². The molecular formula is C22H31N5O3S. The number of aryl methyl sites for hydroxylation is 1. The fraction of sp³-hybridized carbons (Fsp3) is 0.636. The number of carbonyl (C=O) groups is 1. The van der Waals surface area contributed by atoms with Crippen molar-refractivity contribution in [1.82, 2.24) is 24.5 Å². The number of amides is 1. The van der Waals surface area contributed by atoms with Gasteiger partial charge in [0.15, 0.2) is 0 Å². The Balaban J connectivity index is 1.68. The summed E-state index contributed by atoms with van der Waals surface area (Å²) in [5.41, 5.74) is 0.789. The summed E-state index contributed by atoms with van der Waals surface area (Å²) in [6.07, 6.45) is 4.16. The van der Waals surface area contributed by atoms with Gasteiger partial charge in [0.1, 0.15) is 16.8 Å². The normalized spacial score (nSPS) is 17.2. The zero-order valence-electron chi connectivity index (χ0n) is 19.1. The molecule has 0 bridgehead atoms. The fourth-order valence-electron chi connectivity index (χ4n) is 4.27. The van der Waals surface area contributed by atoms with Crippen LogP contribution in [-0.4, -0.2) is 37.4 Å². The quantitative estimate of drug-likeness (QED) is 0.663. The number of carbonyl (C=O) groups excluding carboxylic acids is 1. The first-order valence-electron chi connectivity index (χ1n) is 10.8. The van der Waals surface area contributed by atoms with E-state index in [9.17, 15) is 9.59 Å². The van der Waals surface area contributed by atoms with E-state index >= 15 is 0 Å². The summed E-state index contributed by atoms with van der Waals surface area (Å²) >= 11 is 1.69. The molecule has 0 spiro atoms. The summed E-state index contributed by atoms with van der Waals surface area (Å²) < 4.78 is 8.79. The van der Waals surface area contributed by atoms with Crippen molar-refractivity contribution in [2.24, 2.45) is 11.3 Å². The molecule has 0 saturated carbocycles. The number of fused-ring (bicyclic) bond motifs is 5. The number of ether oxygens (including phenoxy) is 1. The van der Waals surface area contributed by atoms with Crippen LogP contribution in [0.3, 0.4) is 0 Å². The van der Waals surface area contributed by atoms with Crippen LogP contribution in [0.25, 0.3) is 16.0 Å². The molecule has 4 rings (SSSR count). The van der Waals surface area contributed by atoms with Crippen LogP contribution in [0.4, 0.5) is 4.79 Å². The summed E-state index contributed by atoms with van der Waals surface area (Å²) in [7, 11) is 0. The highest BCUT2D eigenvalue weighted by atomic mass is 32.1. The topological polar surface area (TPSA) is 90.5 Å². The van der Waals surface area contributed by atoms with Crippen molar-refractivity contribution in [1.29, 1.82) is 0 Å². The number of aromatic nitrogens is 4. The van der Waals surface area contributed by atoms with Crippen LogP contribution in [0.5, 0.6) is 0 Å². The Labute approximate surface area is 185 Å². The van der Waals surface area contributed by atoms with Gasteiger partial charge in [-0.1, -0.05) is 20.8 Å². The molecule has 3 aromatic rings. The molecule has 1 aliphatic carbocycles. The summed E-state index contributed by atoms with van der Waals surface area (Å²) in [6.45, 7) is 12.9. The summed E-state index contributed by atoms with van der Waals surface area (Å²) in [4.78, 5) is 27.7. The monoisotopic (exact) mass is 445 g/mol. The van der Waals surface area contributed by atoms with E-state index in [0.717, 1.165) is 29.5 Å². The highest BCUT2D eigenvalue weighted by Crippen LogP contribution is 2.42. The van der Waals surface area contributed by atoms with Gasteiger partial charge in [0.25, 0.3) is 5.56 Å². The Morgan fingerprint density at radius 3 is 2.71 bits per heavy atom. The lowest BCUT2D eigenvalue weighted by molar-refractivity contribution is 0.0526. The second kappa shape index (κ2) is 7.62. The van der Waals surface area contributed by atoms with Gasteiger partial charge >= 0.3 is 6.09 Å². The van der Waals surface area contributed by atoms with Crippen LogP contribution in [0.2, 0.25) is 0 Å². The first-order valence-corrected chi connectivity index (χ1v) is 11.6. The van der Waals surface area contributed by atoms with E-state index in [-0.39, 0.29) is 17.5 Å². The lowest BCUT2D eigenvalue weighted by atomic mass is 9.72. The van der Waals surface area contributed by atoms with Crippen molar-refractivity contribution < 1.29 is 9.53 Å². The molecule has 1 N–H and O–H groups in total. The predicted molar refractivity (Wildman–Crippen MR) is 122 cm³/mol. The molecular weight excluding hydrogens is 414 g/mol. The molecule has 3 aromatic heterocycles. The number of nitrogens with one attached hydrogen (secondary N) is 1. The Morgan fingerprint density at radius 2 is 2.03 bits per heavy atom. The number of hydrogen-bond acceptors (Lipinski definition) is 6. The Bertz CT molecular complexity index is 1190. The molecule has 0 fully saturated rings. The number of hydrogen-bond donors (Lipinski definition) is 1. The Hall–Kier alpha value is -2.42. The average molecular weight is 446 g/mol. The molecule has 0 radical (unpaired) electrons. The molecule has 0 aliphatic heterocycles. The van der Waals surface area contributed by atoms with Crippen molar-refractivity contribution in [3.05, 3.63) is 27.1 Å². The molecule has 1 unspecified atom stereocenters. The minimum atomic E-state index is -0.569. The molecule has 1 atom stereocenters. The van der Waals surface area contributed by atoms with Crippen molar-refractivity contribution >= 4 is 33.4 Å². The van der Waals surface area contributed by atoms with Crippen molar-refractivity contribution in [2.75, 3.05) is 6.54 Å². The summed E-state index contributed by atoms with van der Waals surface area (Å²) in [5.74, 6) is 1.10. The van der Waals surface area contributed by atoms with E-state index in [2.05, 4.69) is 36.3 Å². The zero-order chi connectivity index (χ0) is 22.6. The minimum Gasteiger partial charge on any atom is -0.444 e. The minimum absolute atomic E-state index is 0.0619. The van der Waals surface area contributed by atoms with Gasteiger partial charge in [-0.3, -0.25) is 13.8 Å². The van der Waals surface area contributed by atoms with Crippen LogP contribution < -0.4 is 10.9 Å². The van der Waals surface area contributed by atoms with Crippen molar-refractivity contribution in [3.63, 3.8) is 0 Å². The average Bonchev–Trinajstić information content (AvgIpc) is 3.26. The van der Waals surface area contributed by atoms with Gasteiger partial charge in [0.2, 0.25) is 5.78 Å². The lowest BCUT2D eigenvalue weighted by Gasteiger charge is -2.33. The SMILES string of the molecule is CC(C)(C)OC(=O)NCCn1c(=O)c2c3c(sc2n2cnnc12)CC(C(C)(C)C)CC3. The van der Waals surface area contributed by atoms with Crippen LogP contribution >= 0.6 is 11.3 Å². The van der Waals surface area contributed by atoms with Crippen LogP contribution in [0.1, 0.15) is 58.4 Å². The predicted octanol–water partition coefficient (Wildman–Crippen LogP) is 3.78. The van der Waals surface area contributed by atoms with Crippen LogP contribution in [0.15, 0.2) is 11.1 Å². The Morgan fingerprint density at radius 1 is 1.29 bits per heavy atom. The molecule has 3 heterocycles. The van der Waals surface area contributed by atoms with Gasteiger partial charge in [-0.05, 0) is 56.9 Å². The first-order chi connectivity index (χ1) is 14.5. The molecule has 168 valence electrons. The third-order valence-corrected chi connectivity index (χ3v) is 7.18. The third-order valence-electron chi connectivity index (χ3n) is 5.92. The first kappa shape index (κ1) is 21.8. The van der Waals surface area contributed by atoms with Gasteiger partial charge in [-0.15, -0.1) is 21.5 Å². The highest BCUT2D eigenvalue weighted by molar-refractivity contribution is 7.18. The zero-order valence-corrected chi connectivity index (χ0v) is 19.9. The van der Waals surface area contributed by atoms with E-state index in [1.807, 2.05) is 25.2 Å². The molecule has 0 saturated heterocycles. The summed E-state index contributed by atoms with van der Waals surface area (Å²) in [6, 6.07) is 0. The van der Waals surface area contributed by atoms with Crippen molar-refractivity contribution in [2.45, 2.75) is 73.0 Å². The number of alkyl carbamates (subject to hydrolysis) is 1. The van der Waals surface area contributed by atoms with Gasteiger partial charge < -0.3 is 10.1 Å². The standard InChI is InChI=1S/C22H31N5O3S/c1-21(2,3)13-7-8-14-15(11-13)31-18-16(14)17(28)26(19-25-24-12-27(18)19)10-9-23-20(29)30-22(4,5)6/h12-13H,7-11H2,1-6H3,(H,23,29). The molecule has 0 aromatic carbocycles. The summed E-state index contributed by atoms with van der Waals surface area (Å²) in [5, 5.41) is 11.7. The maximum absolute atomic E-state index is 13.5. The Kier molecular flexibility index (Phi) is 5.36. The molecule has 1 amide bonds. The number of rotatable bonds is 3. The second-order valence-electron chi connectivity index (χ2n) is 10.4. The van der Waals surface area contributed by atoms with Gasteiger partial charge in [-0.25, -0.2) is 4.79 Å².